The molecule has 0 atom stereocenters. The van der Waals surface area contributed by atoms with Gasteiger partial charge in [-0.25, -0.2) is 4.99 Å². The number of hydrogen-bond donors (Lipinski definition) is 2. The van der Waals surface area contributed by atoms with Crippen molar-refractivity contribution < 1.29 is 22.7 Å². The second-order valence-electron chi connectivity index (χ2n) is 6.70. The highest BCUT2D eigenvalue weighted by molar-refractivity contribution is 5.86. The largest absolute Gasteiger partial charge is 0.497 e. The number of aliphatic imine (C=N–C) groups is 1. The monoisotopic (exact) mass is 422 g/mol. The Balaban J connectivity index is 2.05. The highest BCUT2D eigenvalue weighted by Crippen LogP contribution is 2.29. The maximum absolute atomic E-state index is 12.7. The fraction of sp³-hybridized carbons (Fsp3) is 0.333. The summed E-state index contributed by atoms with van der Waals surface area (Å²) < 4.78 is 43.2. The molecule has 0 saturated carbocycles. The van der Waals surface area contributed by atoms with E-state index in [-0.39, 0.29) is 19.0 Å². The highest BCUT2D eigenvalue weighted by Gasteiger charge is 2.29. The normalized spacial score (nSPS) is 11.7. The summed E-state index contributed by atoms with van der Waals surface area (Å²) in [6, 6.07) is 12.3. The Hall–Kier alpha value is -3.23. The lowest BCUT2D eigenvalue weighted by Crippen LogP contribution is -2.42. The topological polar surface area (TPSA) is 66.0 Å². The number of nitrogens with one attached hydrogen (secondary N) is 2. The van der Waals surface area contributed by atoms with Crippen molar-refractivity contribution in [2.75, 3.05) is 27.7 Å². The van der Waals surface area contributed by atoms with Crippen molar-refractivity contribution >= 4 is 11.9 Å². The first-order valence-corrected chi connectivity index (χ1v) is 9.20. The summed E-state index contributed by atoms with van der Waals surface area (Å²) in [5, 5.41) is 5.99. The van der Waals surface area contributed by atoms with E-state index in [4.69, 9.17) is 4.74 Å². The summed E-state index contributed by atoms with van der Waals surface area (Å²) in [4.78, 5) is 17.8. The van der Waals surface area contributed by atoms with E-state index in [1.807, 2.05) is 24.3 Å². The van der Waals surface area contributed by atoms with Crippen LogP contribution in [0.2, 0.25) is 0 Å². The van der Waals surface area contributed by atoms with Crippen LogP contribution in [-0.4, -0.2) is 44.5 Å². The zero-order valence-electron chi connectivity index (χ0n) is 17.1. The fourth-order valence-electron chi connectivity index (χ4n) is 2.39. The number of ether oxygens (including phenoxy) is 1. The number of nitrogens with zero attached hydrogens (tertiary/aromatic N) is 2. The lowest BCUT2D eigenvalue weighted by molar-refractivity contribution is -0.137. The van der Waals surface area contributed by atoms with Crippen LogP contribution in [0.25, 0.3) is 0 Å². The van der Waals surface area contributed by atoms with Crippen LogP contribution in [0.1, 0.15) is 16.7 Å². The lowest BCUT2D eigenvalue weighted by Gasteiger charge is -2.15. The van der Waals surface area contributed by atoms with Gasteiger partial charge in [0.25, 0.3) is 0 Å². The van der Waals surface area contributed by atoms with Crippen LogP contribution in [-0.2, 0) is 24.1 Å². The average Bonchev–Trinajstić information content (AvgIpc) is 2.72. The van der Waals surface area contributed by atoms with Crippen molar-refractivity contribution in [3.8, 4) is 5.75 Å². The molecule has 30 heavy (non-hydrogen) atoms. The number of halogens is 3. The number of benzene rings is 2. The van der Waals surface area contributed by atoms with E-state index in [0.29, 0.717) is 18.1 Å². The van der Waals surface area contributed by atoms with Gasteiger partial charge in [0.2, 0.25) is 5.91 Å². The van der Waals surface area contributed by atoms with Gasteiger partial charge in [-0.05, 0) is 35.4 Å². The molecule has 0 radical (unpaired) electrons. The Kier molecular flexibility index (Phi) is 8.08. The first kappa shape index (κ1) is 23.1. The van der Waals surface area contributed by atoms with Crippen LogP contribution in [0, 0.1) is 0 Å². The van der Waals surface area contributed by atoms with Crippen molar-refractivity contribution in [3.63, 3.8) is 0 Å². The van der Waals surface area contributed by atoms with Crippen LogP contribution in [0.4, 0.5) is 13.2 Å². The molecule has 0 spiro atoms. The Morgan fingerprint density at radius 2 is 1.60 bits per heavy atom. The first-order chi connectivity index (χ1) is 14.2. The minimum Gasteiger partial charge on any atom is -0.497 e. The van der Waals surface area contributed by atoms with Gasteiger partial charge >= 0.3 is 6.18 Å². The van der Waals surface area contributed by atoms with Crippen molar-refractivity contribution in [1.82, 2.24) is 15.5 Å². The van der Waals surface area contributed by atoms with Crippen molar-refractivity contribution in [2.24, 2.45) is 4.99 Å². The van der Waals surface area contributed by atoms with Gasteiger partial charge in [0.15, 0.2) is 5.96 Å². The van der Waals surface area contributed by atoms with Crippen LogP contribution in [0.5, 0.6) is 5.75 Å². The maximum atomic E-state index is 12.7. The lowest BCUT2D eigenvalue weighted by atomic mass is 10.1. The number of carbonyl (C=O) groups is 1. The van der Waals surface area contributed by atoms with Gasteiger partial charge in [0.05, 0.1) is 25.8 Å². The molecule has 2 aromatic carbocycles. The van der Waals surface area contributed by atoms with Crippen LogP contribution >= 0.6 is 0 Å². The minimum absolute atomic E-state index is 0.0362. The molecule has 0 bridgehead atoms. The molecule has 0 unspecified atom stereocenters. The minimum atomic E-state index is -4.37. The summed E-state index contributed by atoms with van der Waals surface area (Å²) in [5.41, 5.74) is 0.889. The molecule has 0 aliphatic rings. The molecule has 6 nitrogen and oxygen atoms in total. The molecule has 0 heterocycles. The van der Waals surface area contributed by atoms with Gasteiger partial charge in [0.1, 0.15) is 5.75 Å². The second kappa shape index (κ2) is 10.5. The number of likely N-dealkylation sites (N-methyl/N-ethyl adjacent to an activating group) is 1. The maximum Gasteiger partial charge on any atom is 0.416 e. The van der Waals surface area contributed by atoms with Crippen LogP contribution in [0.15, 0.2) is 53.5 Å². The molecule has 9 heteroatoms. The third-order valence-electron chi connectivity index (χ3n) is 4.23. The van der Waals surface area contributed by atoms with Crippen LogP contribution in [0.3, 0.4) is 0 Å². The summed E-state index contributed by atoms with van der Waals surface area (Å²) in [6.45, 7) is 0.639. The number of rotatable bonds is 7. The van der Waals surface area contributed by atoms with Gasteiger partial charge in [-0.3, -0.25) is 4.79 Å². The summed E-state index contributed by atoms with van der Waals surface area (Å²) in [7, 11) is 4.88. The van der Waals surface area contributed by atoms with Gasteiger partial charge in [-0.2, -0.15) is 13.2 Å². The van der Waals surface area contributed by atoms with E-state index in [2.05, 4.69) is 15.6 Å². The smallest absolute Gasteiger partial charge is 0.416 e. The van der Waals surface area contributed by atoms with E-state index in [0.717, 1.165) is 23.4 Å². The number of amides is 1. The molecule has 1 amide bonds. The molecular formula is C21H25F3N4O2. The Morgan fingerprint density at radius 1 is 1.00 bits per heavy atom. The van der Waals surface area contributed by atoms with Gasteiger partial charge in [-0.1, -0.05) is 24.3 Å². The number of hydrogen-bond acceptors (Lipinski definition) is 3. The zero-order valence-corrected chi connectivity index (χ0v) is 17.1. The molecule has 0 aliphatic heterocycles. The first-order valence-electron chi connectivity index (χ1n) is 9.20. The SMILES string of the molecule is COc1ccc(CN=C(NCC(=O)N(C)C)NCc2ccc(C(F)(F)F)cc2)cc1. The van der Waals surface area contributed by atoms with Crippen molar-refractivity contribution in [3.05, 3.63) is 65.2 Å². The third kappa shape index (κ3) is 7.31. The standard InChI is InChI=1S/C21H25F3N4O2/c1-28(2)19(29)14-27-20(26-13-16-6-10-18(30-3)11-7-16)25-12-15-4-8-17(9-5-15)21(22,23)24/h4-11H,12-14H2,1-3H3,(H2,25,26,27). The average molecular weight is 422 g/mol. The molecule has 2 aromatic rings. The molecule has 0 fully saturated rings. The number of alkyl halides is 3. The molecule has 0 saturated heterocycles. The molecule has 2 N–H and O–H groups in total. The third-order valence-corrected chi connectivity index (χ3v) is 4.23. The van der Waals surface area contributed by atoms with Crippen molar-refractivity contribution in [1.29, 1.82) is 0 Å². The number of guanidine groups is 1. The predicted molar refractivity (Wildman–Crippen MR) is 109 cm³/mol. The molecule has 0 aliphatic carbocycles. The van der Waals surface area contributed by atoms with E-state index in [1.165, 1.54) is 17.0 Å². The Labute approximate surface area is 173 Å². The van der Waals surface area contributed by atoms with E-state index < -0.39 is 11.7 Å². The molecule has 2 rings (SSSR count). The summed E-state index contributed by atoms with van der Waals surface area (Å²) in [5.74, 6) is 0.975. The molecular weight excluding hydrogens is 397 g/mol. The van der Waals surface area contributed by atoms with Gasteiger partial charge < -0.3 is 20.3 Å². The number of methoxy groups -OCH3 is 1. The highest BCUT2D eigenvalue weighted by atomic mass is 19.4. The number of carbonyl (C=O) groups excluding carboxylic acids is 1. The summed E-state index contributed by atoms with van der Waals surface area (Å²) >= 11 is 0. The predicted octanol–water partition coefficient (Wildman–Crippen LogP) is 3.04. The van der Waals surface area contributed by atoms with Crippen LogP contribution < -0.4 is 15.4 Å². The molecule has 162 valence electrons. The Bertz CT molecular complexity index is 848. The van der Waals surface area contributed by atoms with Gasteiger partial charge in [0, 0.05) is 20.6 Å². The van der Waals surface area contributed by atoms with Crippen molar-refractivity contribution in [2.45, 2.75) is 19.3 Å². The van der Waals surface area contributed by atoms with E-state index in [9.17, 15) is 18.0 Å². The quantitative estimate of drug-likeness (QED) is 0.532. The fourth-order valence-corrected chi connectivity index (χ4v) is 2.39. The summed E-state index contributed by atoms with van der Waals surface area (Å²) in [6.07, 6.45) is -4.37. The van der Waals surface area contributed by atoms with E-state index >= 15 is 0 Å². The van der Waals surface area contributed by atoms with E-state index in [1.54, 1.807) is 21.2 Å². The second-order valence-corrected chi connectivity index (χ2v) is 6.70. The Morgan fingerprint density at radius 3 is 2.13 bits per heavy atom. The molecule has 0 aromatic heterocycles. The zero-order chi connectivity index (χ0) is 22.1. The van der Waals surface area contributed by atoms with Gasteiger partial charge in [-0.15, -0.1) is 0 Å².